The molecule has 0 saturated carbocycles. The third kappa shape index (κ3) is 9.08. The van der Waals surface area contributed by atoms with Gasteiger partial charge in [-0.3, -0.25) is 14.9 Å². The van der Waals surface area contributed by atoms with Crippen molar-refractivity contribution in [3.05, 3.63) is 102 Å². The minimum atomic E-state index is 0.345. The van der Waals surface area contributed by atoms with Gasteiger partial charge in [-0.05, 0) is 97.0 Å². The number of pyridine rings is 2. The van der Waals surface area contributed by atoms with E-state index in [1.807, 2.05) is 42.7 Å². The number of aryl methyl sites for hydroxylation is 1. The Kier molecular flexibility index (Phi) is 13.3. The van der Waals surface area contributed by atoms with E-state index in [1.165, 1.54) is 29.7 Å². The summed E-state index contributed by atoms with van der Waals surface area (Å²) in [5.41, 5.74) is 8.52. The number of piperidine rings is 1. The van der Waals surface area contributed by atoms with Gasteiger partial charge in [0.2, 0.25) is 11.5 Å². The lowest BCUT2D eigenvalue weighted by molar-refractivity contribution is 0.201. The van der Waals surface area contributed by atoms with Crippen LogP contribution in [0.1, 0.15) is 49.3 Å². The van der Waals surface area contributed by atoms with E-state index in [4.69, 9.17) is 38.4 Å². The van der Waals surface area contributed by atoms with Crippen LogP contribution in [-0.2, 0) is 19.5 Å². The van der Waals surface area contributed by atoms with E-state index in [1.54, 1.807) is 42.7 Å². The summed E-state index contributed by atoms with van der Waals surface area (Å²) in [5.74, 6) is 3.54. The first-order valence-electron chi connectivity index (χ1n) is 19.0. The molecular formula is C45H54N4O6. The van der Waals surface area contributed by atoms with Crippen LogP contribution >= 0.6 is 0 Å². The topological polar surface area (TPSA) is 87.6 Å². The Labute approximate surface area is 325 Å². The van der Waals surface area contributed by atoms with Gasteiger partial charge in [0.25, 0.3) is 0 Å². The fourth-order valence-electron chi connectivity index (χ4n) is 7.50. The van der Waals surface area contributed by atoms with E-state index < -0.39 is 0 Å². The molecule has 0 unspecified atom stereocenters. The van der Waals surface area contributed by atoms with Crippen LogP contribution in [0.5, 0.6) is 34.5 Å². The molecule has 0 amide bonds. The lowest BCUT2D eigenvalue weighted by atomic mass is 9.98. The van der Waals surface area contributed by atoms with E-state index in [9.17, 15) is 0 Å². The molecule has 0 N–H and O–H groups in total. The molecule has 5 aromatic rings. The van der Waals surface area contributed by atoms with Crippen molar-refractivity contribution in [1.29, 1.82) is 0 Å². The van der Waals surface area contributed by atoms with Gasteiger partial charge < -0.3 is 33.3 Å². The van der Waals surface area contributed by atoms with Crippen molar-refractivity contribution in [2.75, 3.05) is 60.6 Å². The number of nitrogens with zero attached hydrogens (tertiary/aromatic N) is 4. The summed E-state index contributed by atoms with van der Waals surface area (Å²) in [7, 11) is 9.77. The minimum absolute atomic E-state index is 0.345. The van der Waals surface area contributed by atoms with E-state index in [2.05, 4.69) is 59.2 Å². The Bertz CT molecular complexity index is 1960. The number of anilines is 1. The molecule has 6 rings (SSSR count). The fraction of sp³-hybridized carbons (Fsp3) is 0.378. The standard InChI is InChI=1S/C45H54N4O6/c1-8-9-11-31-13-15-36(16-14-31)49(30-33-12-10-20-47-43(33)35-27-41(52-4)45(55-7)42(28-35)53-5)37-18-22-48(23-19-37)29-32-17-21-46-38(24-32)34-25-39(50-2)44(54-6)40(26-34)51-3/h10,12-17,20-21,24-28,37H,8-9,11,18-19,22-23,29-30H2,1-7H3. The van der Waals surface area contributed by atoms with Crippen LogP contribution in [0.15, 0.2) is 85.2 Å². The average Bonchev–Trinajstić information content (AvgIpc) is 3.24. The summed E-state index contributed by atoms with van der Waals surface area (Å²) in [6, 6.07) is 25.8. The van der Waals surface area contributed by atoms with E-state index in [0.29, 0.717) is 47.1 Å². The van der Waals surface area contributed by atoms with Crippen LogP contribution < -0.4 is 33.3 Å². The number of methoxy groups -OCH3 is 6. The van der Waals surface area contributed by atoms with Crippen molar-refractivity contribution in [3.63, 3.8) is 0 Å². The van der Waals surface area contributed by atoms with Crippen LogP contribution in [-0.4, -0.2) is 76.7 Å². The third-order valence-electron chi connectivity index (χ3n) is 10.4. The molecular weight excluding hydrogens is 693 g/mol. The number of ether oxygens (including phenoxy) is 6. The Balaban J connectivity index is 1.23. The molecule has 0 spiro atoms. The lowest BCUT2D eigenvalue weighted by Gasteiger charge is -2.40. The molecule has 3 heterocycles. The molecule has 2 aromatic heterocycles. The highest BCUT2D eigenvalue weighted by atomic mass is 16.5. The zero-order chi connectivity index (χ0) is 38.7. The first kappa shape index (κ1) is 39.2. The van der Waals surface area contributed by atoms with Gasteiger partial charge in [0, 0.05) is 61.4 Å². The summed E-state index contributed by atoms with van der Waals surface area (Å²) in [4.78, 5) is 14.7. The zero-order valence-electron chi connectivity index (χ0n) is 33.3. The Morgan fingerprint density at radius 1 is 0.655 bits per heavy atom. The molecule has 0 bridgehead atoms. The second-order valence-electron chi connectivity index (χ2n) is 13.8. The largest absolute Gasteiger partial charge is 0.493 e. The van der Waals surface area contributed by atoms with Gasteiger partial charge in [-0.25, -0.2) is 0 Å². The Morgan fingerprint density at radius 2 is 1.25 bits per heavy atom. The molecule has 1 aliphatic heterocycles. The van der Waals surface area contributed by atoms with Gasteiger partial charge in [-0.15, -0.1) is 0 Å². The summed E-state index contributed by atoms with van der Waals surface area (Å²) in [6.07, 6.45) is 9.26. The molecule has 0 atom stereocenters. The van der Waals surface area contributed by atoms with Crippen LogP contribution in [0.25, 0.3) is 22.5 Å². The molecule has 0 aliphatic carbocycles. The zero-order valence-corrected chi connectivity index (χ0v) is 33.3. The first-order valence-corrected chi connectivity index (χ1v) is 19.0. The first-order chi connectivity index (χ1) is 26.9. The summed E-state index contributed by atoms with van der Waals surface area (Å²) >= 11 is 0. The van der Waals surface area contributed by atoms with Gasteiger partial charge >= 0.3 is 0 Å². The maximum absolute atomic E-state index is 5.71. The van der Waals surface area contributed by atoms with Crippen LogP contribution in [0, 0.1) is 0 Å². The lowest BCUT2D eigenvalue weighted by Crippen LogP contribution is -2.44. The maximum atomic E-state index is 5.71. The quantitative estimate of drug-likeness (QED) is 0.0920. The summed E-state index contributed by atoms with van der Waals surface area (Å²) < 4.78 is 33.8. The third-order valence-corrected chi connectivity index (χ3v) is 10.4. The minimum Gasteiger partial charge on any atom is -0.493 e. The van der Waals surface area contributed by atoms with Crippen molar-refractivity contribution in [1.82, 2.24) is 14.9 Å². The van der Waals surface area contributed by atoms with Gasteiger partial charge in [0.15, 0.2) is 23.0 Å². The number of unbranched alkanes of at least 4 members (excludes halogenated alkanes) is 1. The highest BCUT2D eigenvalue weighted by Crippen LogP contribution is 2.43. The summed E-state index contributed by atoms with van der Waals surface area (Å²) in [5, 5.41) is 0. The number of aromatic nitrogens is 2. The molecule has 0 radical (unpaired) electrons. The molecule has 1 aliphatic rings. The van der Waals surface area contributed by atoms with Gasteiger partial charge in [0.1, 0.15) is 0 Å². The molecule has 55 heavy (non-hydrogen) atoms. The number of benzene rings is 3. The van der Waals surface area contributed by atoms with E-state index in [-0.39, 0.29) is 0 Å². The van der Waals surface area contributed by atoms with Crippen molar-refractivity contribution >= 4 is 5.69 Å². The van der Waals surface area contributed by atoms with Gasteiger partial charge in [-0.1, -0.05) is 31.5 Å². The highest BCUT2D eigenvalue weighted by Gasteiger charge is 2.27. The van der Waals surface area contributed by atoms with E-state index >= 15 is 0 Å². The van der Waals surface area contributed by atoms with Crippen molar-refractivity contribution < 1.29 is 28.4 Å². The second-order valence-corrected chi connectivity index (χ2v) is 13.8. The SMILES string of the molecule is CCCCc1ccc(N(Cc2cccnc2-c2cc(OC)c(OC)c(OC)c2)C2CCN(Cc3ccnc(-c4cc(OC)c(OC)c(OC)c4)c3)CC2)cc1. The number of hydrogen-bond donors (Lipinski definition) is 0. The second kappa shape index (κ2) is 18.7. The predicted molar refractivity (Wildman–Crippen MR) is 218 cm³/mol. The van der Waals surface area contributed by atoms with Gasteiger partial charge in [0.05, 0.1) is 54.0 Å². The van der Waals surface area contributed by atoms with Crippen LogP contribution in [0.2, 0.25) is 0 Å². The monoisotopic (exact) mass is 746 g/mol. The van der Waals surface area contributed by atoms with Crippen molar-refractivity contribution in [2.45, 2.75) is 58.2 Å². The molecule has 3 aromatic carbocycles. The molecule has 10 heteroatoms. The maximum Gasteiger partial charge on any atom is 0.203 e. The van der Waals surface area contributed by atoms with Gasteiger partial charge in [-0.2, -0.15) is 0 Å². The Hall–Kier alpha value is -5.48. The molecule has 1 saturated heterocycles. The summed E-state index contributed by atoms with van der Waals surface area (Å²) in [6.45, 7) is 5.74. The fourth-order valence-corrected chi connectivity index (χ4v) is 7.50. The van der Waals surface area contributed by atoms with Crippen molar-refractivity contribution in [3.8, 4) is 57.0 Å². The molecule has 1 fully saturated rings. The number of rotatable bonds is 17. The molecule has 10 nitrogen and oxygen atoms in total. The smallest absolute Gasteiger partial charge is 0.203 e. The normalized spacial score (nSPS) is 13.3. The highest BCUT2D eigenvalue weighted by molar-refractivity contribution is 5.72. The van der Waals surface area contributed by atoms with Crippen LogP contribution in [0.3, 0.4) is 0 Å². The Morgan fingerprint density at radius 3 is 1.82 bits per heavy atom. The van der Waals surface area contributed by atoms with Crippen LogP contribution in [0.4, 0.5) is 5.69 Å². The number of likely N-dealkylation sites (tertiary alicyclic amines) is 1. The average molecular weight is 747 g/mol. The predicted octanol–water partition coefficient (Wildman–Crippen LogP) is 8.88. The van der Waals surface area contributed by atoms with E-state index in [0.717, 1.165) is 67.0 Å². The number of hydrogen-bond acceptors (Lipinski definition) is 10. The molecule has 290 valence electrons. The van der Waals surface area contributed by atoms with Crippen molar-refractivity contribution in [2.24, 2.45) is 0 Å².